The predicted molar refractivity (Wildman–Crippen MR) is 75.6 cm³/mol. The van der Waals surface area contributed by atoms with Crippen LogP contribution in [0.15, 0.2) is 30.3 Å². The van der Waals surface area contributed by atoms with Gasteiger partial charge in [0.1, 0.15) is 0 Å². The maximum absolute atomic E-state index is 3.70. The highest BCUT2D eigenvalue weighted by molar-refractivity contribution is 5.20. The van der Waals surface area contributed by atoms with Crippen LogP contribution < -0.4 is 5.32 Å². The summed E-state index contributed by atoms with van der Waals surface area (Å²) in [5, 5.41) is 3.70. The van der Waals surface area contributed by atoms with Crippen LogP contribution in [0.3, 0.4) is 0 Å². The molecule has 1 aromatic rings. The molecule has 0 radical (unpaired) electrons. The summed E-state index contributed by atoms with van der Waals surface area (Å²) in [6.45, 7) is 5.91. The molecule has 1 saturated carbocycles. The van der Waals surface area contributed by atoms with Crippen molar-refractivity contribution in [1.82, 2.24) is 10.2 Å². The molecule has 2 fully saturated rings. The zero-order valence-electron chi connectivity index (χ0n) is 11.3. The highest BCUT2D eigenvalue weighted by atomic mass is 15.2. The number of benzene rings is 1. The van der Waals surface area contributed by atoms with Crippen LogP contribution in [0, 0.1) is 5.92 Å². The molecule has 1 aliphatic heterocycles. The Bertz CT molecular complexity index is 372. The van der Waals surface area contributed by atoms with E-state index in [9.17, 15) is 0 Å². The van der Waals surface area contributed by atoms with E-state index in [2.05, 4.69) is 47.5 Å². The zero-order valence-corrected chi connectivity index (χ0v) is 11.3. The minimum absolute atomic E-state index is 0.578. The number of rotatable bonds is 4. The van der Waals surface area contributed by atoms with E-state index in [1.165, 1.54) is 37.9 Å². The Kier molecular flexibility index (Phi) is 3.67. The van der Waals surface area contributed by atoms with E-state index in [0.717, 1.165) is 12.5 Å². The Labute approximate surface area is 110 Å². The van der Waals surface area contributed by atoms with Crippen molar-refractivity contribution in [3.05, 3.63) is 35.9 Å². The normalized spacial score (nSPS) is 29.4. The van der Waals surface area contributed by atoms with Gasteiger partial charge in [0, 0.05) is 31.7 Å². The van der Waals surface area contributed by atoms with Gasteiger partial charge in [-0.05, 0) is 30.7 Å². The summed E-state index contributed by atoms with van der Waals surface area (Å²) in [6.07, 6.45) is 4.13. The van der Waals surface area contributed by atoms with E-state index >= 15 is 0 Å². The number of hydrogen-bond acceptors (Lipinski definition) is 2. The Morgan fingerprint density at radius 2 is 2.00 bits per heavy atom. The molecule has 1 N–H and O–H groups in total. The van der Waals surface area contributed by atoms with Gasteiger partial charge in [-0.25, -0.2) is 0 Å². The lowest BCUT2D eigenvalue weighted by atomic mass is 9.99. The number of piperazine rings is 1. The van der Waals surface area contributed by atoms with Gasteiger partial charge in [0.05, 0.1) is 0 Å². The SMILES string of the molecule is CCC1CN(CC2CC2)C(c2ccccc2)CN1. The molecule has 2 aliphatic rings. The lowest BCUT2D eigenvalue weighted by Crippen LogP contribution is -2.52. The Morgan fingerprint density at radius 3 is 2.67 bits per heavy atom. The molecule has 2 unspecified atom stereocenters. The molecule has 1 heterocycles. The van der Waals surface area contributed by atoms with Crippen molar-refractivity contribution in [3.8, 4) is 0 Å². The van der Waals surface area contributed by atoms with Crippen molar-refractivity contribution in [2.45, 2.75) is 38.3 Å². The van der Waals surface area contributed by atoms with Crippen LogP contribution in [0.25, 0.3) is 0 Å². The highest BCUT2D eigenvalue weighted by Crippen LogP contribution is 2.34. The molecule has 98 valence electrons. The minimum atomic E-state index is 0.578. The summed E-state index contributed by atoms with van der Waals surface area (Å²) in [5.74, 6) is 0.979. The second kappa shape index (κ2) is 5.41. The first-order valence-electron chi connectivity index (χ1n) is 7.39. The molecule has 0 aromatic heterocycles. The monoisotopic (exact) mass is 244 g/mol. The summed E-state index contributed by atoms with van der Waals surface area (Å²) in [5.41, 5.74) is 1.47. The second-order valence-corrected chi connectivity index (χ2v) is 5.84. The summed E-state index contributed by atoms with van der Waals surface area (Å²) >= 11 is 0. The quantitative estimate of drug-likeness (QED) is 0.876. The average Bonchev–Trinajstić information content (AvgIpc) is 3.23. The average molecular weight is 244 g/mol. The van der Waals surface area contributed by atoms with Crippen molar-refractivity contribution in [3.63, 3.8) is 0 Å². The minimum Gasteiger partial charge on any atom is -0.311 e. The summed E-state index contributed by atoms with van der Waals surface area (Å²) in [6, 6.07) is 12.3. The molecule has 1 saturated heterocycles. The van der Waals surface area contributed by atoms with E-state index in [-0.39, 0.29) is 0 Å². The van der Waals surface area contributed by atoms with Crippen molar-refractivity contribution >= 4 is 0 Å². The van der Waals surface area contributed by atoms with Crippen LogP contribution in [-0.4, -0.2) is 30.6 Å². The van der Waals surface area contributed by atoms with E-state index in [4.69, 9.17) is 0 Å². The standard InChI is InChI=1S/C16H24N2/c1-2-15-12-18(11-13-8-9-13)16(10-17-15)14-6-4-3-5-7-14/h3-7,13,15-17H,2,8-12H2,1H3. The van der Waals surface area contributed by atoms with E-state index in [0.29, 0.717) is 12.1 Å². The third kappa shape index (κ3) is 2.76. The van der Waals surface area contributed by atoms with Crippen molar-refractivity contribution in [1.29, 1.82) is 0 Å². The first-order valence-corrected chi connectivity index (χ1v) is 7.39. The lowest BCUT2D eigenvalue weighted by Gasteiger charge is -2.40. The fraction of sp³-hybridized carbons (Fsp3) is 0.625. The van der Waals surface area contributed by atoms with Crippen LogP contribution in [0.2, 0.25) is 0 Å². The second-order valence-electron chi connectivity index (χ2n) is 5.84. The van der Waals surface area contributed by atoms with Gasteiger partial charge in [0.25, 0.3) is 0 Å². The zero-order chi connectivity index (χ0) is 12.4. The molecule has 2 atom stereocenters. The van der Waals surface area contributed by atoms with E-state index in [1.54, 1.807) is 0 Å². The summed E-state index contributed by atoms with van der Waals surface area (Å²) in [7, 11) is 0. The van der Waals surface area contributed by atoms with Gasteiger partial charge in [-0.3, -0.25) is 4.90 Å². The van der Waals surface area contributed by atoms with Crippen LogP contribution in [0.1, 0.15) is 37.8 Å². The summed E-state index contributed by atoms with van der Waals surface area (Å²) < 4.78 is 0. The molecular weight excluding hydrogens is 220 g/mol. The van der Waals surface area contributed by atoms with E-state index in [1.807, 2.05) is 0 Å². The lowest BCUT2D eigenvalue weighted by molar-refractivity contribution is 0.123. The molecule has 0 bridgehead atoms. The first kappa shape index (κ1) is 12.2. The predicted octanol–water partition coefficient (Wildman–Crippen LogP) is 2.82. The van der Waals surface area contributed by atoms with Crippen molar-refractivity contribution < 1.29 is 0 Å². The highest BCUT2D eigenvalue weighted by Gasteiger charge is 2.32. The maximum atomic E-state index is 3.70. The van der Waals surface area contributed by atoms with Crippen molar-refractivity contribution in [2.24, 2.45) is 5.92 Å². The van der Waals surface area contributed by atoms with Gasteiger partial charge in [-0.2, -0.15) is 0 Å². The van der Waals surface area contributed by atoms with Crippen LogP contribution in [0.5, 0.6) is 0 Å². The van der Waals surface area contributed by atoms with Gasteiger partial charge < -0.3 is 5.32 Å². The largest absolute Gasteiger partial charge is 0.311 e. The number of nitrogens with zero attached hydrogens (tertiary/aromatic N) is 1. The van der Waals surface area contributed by atoms with Gasteiger partial charge in [-0.15, -0.1) is 0 Å². The van der Waals surface area contributed by atoms with E-state index < -0.39 is 0 Å². The Hall–Kier alpha value is -0.860. The molecule has 18 heavy (non-hydrogen) atoms. The van der Waals surface area contributed by atoms with Gasteiger partial charge in [0.15, 0.2) is 0 Å². The van der Waals surface area contributed by atoms with Gasteiger partial charge >= 0.3 is 0 Å². The molecule has 0 spiro atoms. The van der Waals surface area contributed by atoms with Gasteiger partial charge in [-0.1, -0.05) is 37.3 Å². The maximum Gasteiger partial charge on any atom is 0.0473 e. The first-order chi connectivity index (χ1) is 8.86. The Morgan fingerprint density at radius 1 is 1.22 bits per heavy atom. The molecule has 2 heteroatoms. The van der Waals surface area contributed by atoms with Crippen molar-refractivity contribution in [2.75, 3.05) is 19.6 Å². The number of hydrogen-bond donors (Lipinski definition) is 1. The summed E-state index contributed by atoms with van der Waals surface area (Å²) in [4.78, 5) is 2.72. The molecule has 3 rings (SSSR count). The third-order valence-electron chi connectivity index (χ3n) is 4.36. The van der Waals surface area contributed by atoms with Crippen LogP contribution in [0.4, 0.5) is 0 Å². The van der Waals surface area contributed by atoms with Gasteiger partial charge in [0.2, 0.25) is 0 Å². The van der Waals surface area contributed by atoms with Crippen LogP contribution >= 0.6 is 0 Å². The topological polar surface area (TPSA) is 15.3 Å². The fourth-order valence-corrected chi connectivity index (χ4v) is 2.99. The Balaban J connectivity index is 1.73. The molecule has 2 nitrogen and oxygen atoms in total. The fourth-order valence-electron chi connectivity index (χ4n) is 2.99. The molecule has 1 aliphatic carbocycles. The smallest absolute Gasteiger partial charge is 0.0473 e. The third-order valence-corrected chi connectivity index (χ3v) is 4.36. The molecule has 0 amide bonds. The van der Waals surface area contributed by atoms with Crippen LogP contribution in [-0.2, 0) is 0 Å². The molecular formula is C16H24N2. The molecule has 1 aromatic carbocycles. The number of nitrogens with one attached hydrogen (secondary N) is 1.